The van der Waals surface area contributed by atoms with Gasteiger partial charge in [-0.3, -0.25) is 5.43 Å². The minimum atomic E-state index is -3.92. The molecule has 0 unspecified atom stereocenters. The zero-order valence-electron chi connectivity index (χ0n) is 14.5. The Hall–Kier alpha value is -3.23. The Morgan fingerprint density at radius 2 is 1.64 bits per heavy atom. The maximum absolute atomic E-state index is 12.5. The summed E-state index contributed by atoms with van der Waals surface area (Å²) in [6, 6.07) is 22.6. The van der Waals surface area contributed by atoms with Crippen LogP contribution in [0.1, 0.15) is 5.56 Å². The number of rotatable bonds is 6. The van der Waals surface area contributed by atoms with Crippen LogP contribution in [0.15, 0.2) is 88.9 Å². The van der Waals surface area contributed by atoms with Crippen molar-refractivity contribution in [3.63, 3.8) is 0 Å². The lowest BCUT2D eigenvalue weighted by Crippen LogP contribution is -2.10. The van der Waals surface area contributed by atoms with E-state index in [4.69, 9.17) is 4.18 Å². The molecule has 0 spiro atoms. The molecule has 1 N–H and O–H groups in total. The SMILES string of the molecule is O=S(=O)(Oc1ccccc1C=NNc1nc2ccccc2s1)c1ccccc1. The first kappa shape index (κ1) is 18.1. The summed E-state index contributed by atoms with van der Waals surface area (Å²) in [6.45, 7) is 0. The van der Waals surface area contributed by atoms with Crippen molar-refractivity contribution >= 4 is 43.0 Å². The number of fused-ring (bicyclic) bond motifs is 1. The predicted molar refractivity (Wildman–Crippen MR) is 112 cm³/mol. The summed E-state index contributed by atoms with van der Waals surface area (Å²) < 4.78 is 31.3. The van der Waals surface area contributed by atoms with Crippen molar-refractivity contribution in [3.8, 4) is 5.75 Å². The first-order valence-corrected chi connectivity index (χ1v) is 10.6. The van der Waals surface area contributed by atoms with E-state index in [1.165, 1.54) is 29.7 Å². The van der Waals surface area contributed by atoms with E-state index in [-0.39, 0.29) is 10.6 Å². The molecule has 1 heterocycles. The summed E-state index contributed by atoms with van der Waals surface area (Å²) in [5.74, 6) is 0.196. The summed E-state index contributed by atoms with van der Waals surface area (Å²) in [5, 5.41) is 4.81. The van der Waals surface area contributed by atoms with Gasteiger partial charge in [0.25, 0.3) is 0 Å². The lowest BCUT2D eigenvalue weighted by molar-refractivity contribution is 0.485. The third kappa shape index (κ3) is 4.03. The number of benzene rings is 3. The molecule has 6 nitrogen and oxygen atoms in total. The van der Waals surface area contributed by atoms with E-state index in [0.717, 1.165) is 10.2 Å². The molecule has 0 atom stereocenters. The highest BCUT2D eigenvalue weighted by Gasteiger charge is 2.17. The molecule has 0 aliphatic carbocycles. The maximum Gasteiger partial charge on any atom is 0.339 e. The van der Waals surface area contributed by atoms with Crippen LogP contribution in [0.5, 0.6) is 5.75 Å². The molecule has 140 valence electrons. The smallest absolute Gasteiger partial charge is 0.339 e. The molecule has 3 aromatic carbocycles. The van der Waals surface area contributed by atoms with Crippen LogP contribution in [-0.2, 0) is 10.1 Å². The second kappa shape index (κ2) is 7.79. The van der Waals surface area contributed by atoms with E-state index in [1.807, 2.05) is 24.3 Å². The molecule has 0 amide bonds. The van der Waals surface area contributed by atoms with Gasteiger partial charge in [-0.2, -0.15) is 13.5 Å². The van der Waals surface area contributed by atoms with Gasteiger partial charge in [-0.05, 0) is 36.4 Å². The Kier molecular flexibility index (Phi) is 5.05. The molecule has 1 aromatic heterocycles. The Morgan fingerprint density at radius 3 is 2.46 bits per heavy atom. The van der Waals surface area contributed by atoms with E-state index in [0.29, 0.717) is 10.7 Å². The summed E-state index contributed by atoms with van der Waals surface area (Å²) in [6.07, 6.45) is 1.50. The van der Waals surface area contributed by atoms with Gasteiger partial charge in [-0.25, -0.2) is 4.98 Å². The molecule has 4 aromatic rings. The van der Waals surface area contributed by atoms with Crippen LogP contribution in [0, 0.1) is 0 Å². The van der Waals surface area contributed by atoms with Crippen molar-refractivity contribution < 1.29 is 12.6 Å². The summed E-state index contributed by atoms with van der Waals surface area (Å²) in [5.41, 5.74) is 4.29. The number of nitrogens with zero attached hydrogens (tertiary/aromatic N) is 2. The largest absolute Gasteiger partial charge is 0.378 e. The van der Waals surface area contributed by atoms with Crippen LogP contribution in [0.3, 0.4) is 0 Å². The summed E-state index contributed by atoms with van der Waals surface area (Å²) in [7, 11) is -3.92. The lowest BCUT2D eigenvalue weighted by atomic mass is 10.2. The number of para-hydroxylation sites is 2. The van der Waals surface area contributed by atoms with Crippen molar-refractivity contribution in [3.05, 3.63) is 84.4 Å². The number of hydrogen-bond donors (Lipinski definition) is 1. The fraction of sp³-hybridized carbons (Fsp3) is 0. The van der Waals surface area contributed by atoms with Gasteiger partial charge in [0.1, 0.15) is 4.90 Å². The Morgan fingerprint density at radius 1 is 0.929 bits per heavy atom. The normalized spacial score (nSPS) is 11.7. The van der Waals surface area contributed by atoms with E-state index in [9.17, 15) is 8.42 Å². The fourth-order valence-corrected chi connectivity index (χ4v) is 4.28. The van der Waals surface area contributed by atoms with E-state index < -0.39 is 10.1 Å². The molecule has 0 saturated heterocycles. The first-order chi connectivity index (χ1) is 13.6. The fourth-order valence-electron chi connectivity index (χ4n) is 2.49. The second-order valence-electron chi connectivity index (χ2n) is 5.75. The molecule has 0 saturated carbocycles. The number of aromatic nitrogens is 1. The highest BCUT2D eigenvalue weighted by Crippen LogP contribution is 2.25. The van der Waals surface area contributed by atoms with Crippen LogP contribution < -0.4 is 9.61 Å². The molecular weight excluding hydrogens is 394 g/mol. The van der Waals surface area contributed by atoms with Gasteiger partial charge in [0, 0.05) is 5.56 Å². The van der Waals surface area contributed by atoms with Crippen LogP contribution in [0.25, 0.3) is 10.2 Å². The highest BCUT2D eigenvalue weighted by molar-refractivity contribution is 7.87. The van der Waals surface area contributed by atoms with Gasteiger partial charge >= 0.3 is 10.1 Å². The maximum atomic E-state index is 12.5. The average molecular weight is 409 g/mol. The standard InChI is InChI=1S/C20H15N3O3S2/c24-28(25,16-9-2-1-3-10-16)26-18-12-6-4-8-15(18)14-21-23-20-22-17-11-5-7-13-19(17)27-20/h1-14H,(H,22,23). The average Bonchev–Trinajstić information content (AvgIpc) is 3.12. The molecule has 28 heavy (non-hydrogen) atoms. The van der Waals surface area contributed by atoms with Crippen molar-refractivity contribution in [1.82, 2.24) is 4.98 Å². The number of hydrogen-bond acceptors (Lipinski definition) is 7. The Labute approximate surface area is 166 Å². The third-order valence-corrected chi connectivity index (χ3v) is 6.00. The highest BCUT2D eigenvalue weighted by atomic mass is 32.2. The Bertz CT molecular complexity index is 1200. The molecule has 0 aliphatic rings. The van der Waals surface area contributed by atoms with Gasteiger partial charge in [0.2, 0.25) is 5.13 Å². The molecule has 0 bridgehead atoms. The minimum Gasteiger partial charge on any atom is -0.378 e. The van der Waals surface area contributed by atoms with Crippen molar-refractivity contribution in [2.45, 2.75) is 4.90 Å². The minimum absolute atomic E-state index is 0.0920. The first-order valence-electron chi connectivity index (χ1n) is 8.35. The second-order valence-corrected chi connectivity index (χ2v) is 8.32. The van der Waals surface area contributed by atoms with Crippen LogP contribution in [0.4, 0.5) is 5.13 Å². The number of anilines is 1. The van der Waals surface area contributed by atoms with E-state index >= 15 is 0 Å². The predicted octanol–water partition coefficient (Wildman–Crippen LogP) is 4.51. The summed E-state index contributed by atoms with van der Waals surface area (Å²) in [4.78, 5) is 4.52. The third-order valence-electron chi connectivity index (χ3n) is 3.81. The molecule has 8 heteroatoms. The van der Waals surface area contributed by atoms with Crippen LogP contribution in [-0.4, -0.2) is 19.6 Å². The number of hydrazone groups is 1. The number of nitrogens with one attached hydrogen (secondary N) is 1. The molecule has 0 aliphatic heterocycles. The van der Waals surface area contributed by atoms with E-state index in [2.05, 4.69) is 15.5 Å². The molecule has 4 rings (SSSR count). The zero-order valence-corrected chi connectivity index (χ0v) is 16.2. The van der Waals surface area contributed by atoms with Crippen molar-refractivity contribution in [2.24, 2.45) is 5.10 Å². The topological polar surface area (TPSA) is 80.7 Å². The molecular formula is C20H15N3O3S2. The van der Waals surface area contributed by atoms with Gasteiger partial charge in [0.05, 0.1) is 16.4 Å². The van der Waals surface area contributed by atoms with Gasteiger partial charge < -0.3 is 4.18 Å². The van der Waals surface area contributed by atoms with Gasteiger partial charge in [0.15, 0.2) is 5.75 Å². The Balaban J connectivity index is 1.53. The van der Waals surface area contributed by atoms with Gasteiger partial charge in [-0.15, -0.1) is 0 Å². The monoisotopic (exact) mass is 409 g/mol. The van der Waals surface area contributed by atoms with Gasteiger partial charge in [-0.1, -0.05) is 53.8 Å². The van der Waals surface area contributed by atoms with Crippen molar-refractivity contribution in [1.29, 1.82) is 0 Å². The lowest BCUT2D eigenvalue weighted by Gasteiger charge is -2.09. The number of thiazole rings is 1. The molecule has 0 fully saturated rings. The quantitative estimate of drug-likeness (QED) is 0.288. The van der Waals surface area contributed by atoms with Crippen LogP contribution >= 0.6 is 11.3 Å². The summed E-state index contributed by atoms with van der Waals surface area (Å²) >= 11 is 1.48. The van der Waals surface area contributed by atoms with Crippen LogP contribution in [0.2, 0.25) is 0 Å². The van der Waals surface area contributed by atoms with Crippen molar-refractivity contribution in [2.75, 3.05) is 5.43 Å². The molecule has 0 radical (unpaired) electrons. The van der Waals surface area contributed by atoms with E-state index in [1.54, 1.807) is 42.5 Å². The zero-order chi connectivity index (χ0) is 19.4.